The molecule has 1 aromatic heterocycles. The highest BCUT2D eigenvalue weighted by Crippen LogP contribution is 2.26. The molecule has 0 radical (unpaired) electrons. The molecule has 3 N–H and O–H groups in total. The maximum atomic E-state index is 12.0. The van der Waals surface area contributed by atoms with Crippen LogP contribution >= 0.6 is 36.2 Å². The topological polar surface area (TPSA) is 77.2 Å². The fourth-order valence-electron chi connectivity index (χ4n) is 2.83. The lowest BCUT2D eigenvalue weighted by atomic mass is 10.0. The number of nitrogens with zero attached hydrogens (tertiary/aromatic N) is 1. The summed E-state index contributed by atoms with van der Waals surface area (Å²) in [5, 5.41) is 3.95. The first-order valence-electron chi connectivity index (χ1n) is 7.37. The summed E-state index contributed by atoms with van der Waals surface area (Å²) < 4.78 is 5.59. The van der Waals surface area contributed by atoms with Crippen LogP contribution in [0.5, 0.6) is 0 Å². The van der Waals surface area contributed by atoms with Gasteiger partial charge in [0.2, 0.25) is 5.91 Å². The first-order chi connectivity index (χ1) is 9.76. The van der Waals surface area contributed by atoms with E-state index < -0.39 is 0 Å². The number of amides is 1. The van der Waals surface area contributed by atoms with E-state index in [1.54, 1.807) is 11.3 Å². The van der Waals surface area contributed by atoms with E-state index in [2.05, 4.69) is 10.3 Å². The highest BCUT2D eigenvalue weighted by Gasteiger charge is 2.29. The summed E-state index contributed by atoms with van der Waals surface area (Å²) in [6, 6.07) is 0. The van der Waals surface area contributed by atoms with Gasteiger partial charge in [-0.05, 0) is 38.5 Å². The Kier molecular flexibility index (Phi) is 8.07. The monoisotopic (exact) mass is 367 g/mol. The Balaban J connectivity index is 0.00000121. The van der Waals surface area contributed by atoms with E-state index in [1.807, 2.05) is 0 Å². The van der Waals surface area contributed by atoms with Crippen LogP contribution in [0.15, 0.2) is 0 Å². The van der Waals surface area contributed by atoms with Crippen LogP contribution in [0.3, 0.4) is 0 Å². The van der Waals surface area contributed by atoms with Gasteiger partial charge >= 0.3 is 0 Å². The fraction of sp³-hybridized carbons (Fsp3) is 0.714. The molecule has 0 saturated carbocycles. The molecule has 1 amide bonds. The zero-order chi connectivity index (χ0) is 13.9. The zero-order valence-corrected chi connectivity index (χ0v) is 14.8. The van der Waals surface area contributed by atoms with Crippen LogP contribution < -0.4 is 11.1 Å². The molecule has 0 bridgehead atoms. The van der Waals surface area contributed by atoms with Crippen molar-refractivity contribution in [2.24, 2.45) is 5.73 Å². The smallest absolute Gasteiger partial charge is 0.249 e. The number of rotatable bonds is 4. The minimum Gasteiger partial charge on any atom is -0.364 e. The molecule has 1 fully saturated rings. The predicted octanol–water partition coefficient (Wildman–Crippen LogP) is 1.99. The highest BCUT2D eigenvalue weighted by atomic mass is 35.5. The fourth-order valence-corrected chi connectivity index (χ4v) is 3.93. The third-order valence-corrected chi connectivity index (χ3v) is 5.12. The summed E-state index contributed by atoms with van der Waals surface area (Å²) in [6.45, 7) is 1.01. The van der Waals surface area contributed by atoms with Gasteiger partial charge in [0.15, 0.2) is 0 Å². The van der Waals surface area contributed by atoms with Crippen molar-refractivity contribution < 1.29 is 9.53 Å². The Morgan fingerprint density at radius 2 is 2.09 bits per heavy atom. The van der Waals surface area contributed by atoms with Crippen LogP contribution in [0.1, 0.15) is 41.3 Å². The summed E-state index contributed by atoms with van der Waals surface area (Å²) in [5.41, 5.74) is 6.79. The Hall–Kier alpha value is -0.400. The van der Waals surface area contributed by atoms with Crippen molar-refractivity contribution >= 4 is 42.1 Å². The van der Waals surface area contributed by atoms with E-state index >= 15 is 0 Å². The number of aryl methyl sites for hydroxylation is 2. The summed E-state index contributed by atoms with van der Waals surface area (Å²) >= 11 is 1.74. The van der Waals surface area contributed by atoms with Crippen molar-refractivity contribution in [3.8, 4) is 0 Å². The number of hydrogen-bond donors (Lipinski definition) is 2. The van der Waals surface area contributed by atoms with E-state index in [0.29, 0.717) is 13.1 Å². The summed E-state index contributed by atoms with van der Waals surface area (Å²) in [6.07, 6.45) is 6.07. The van der Waals surface area contributed by atoms with Gasteiger partial charge in [0.25, 0.3) is 0 Å². The number of carbonyl (C=O) groups excluding carboxylic acids is 1. The van der Waals surface area contributed by atoms with Crippen LogP contribution in [0.4, 0.5) is 0 Å². The van der Waals surface area contributed by atoms with E-state index in [-0.39, 0.29) is 42.9 Å². The number of aromatic nitrogens is 1. The maximum absolute atomic E-state index is 12.0. The molecule has 3 rings (SSSR count). The minimum atomic E-state index is -0.335. The molecule has 0 unspecified atom stereocenters. The largest absolute Gasteiger partial charge is 0.364 e. The van der Waals surface area contributed by atoms with E-state index in [1.165, 1.54) is 23.4 Å². The Morgan fingerprint density at radius 1 is 1.32 bits per heavy atom. The van der Waals surface area contributed by atoms with E-state index in [0.717, 1.165) is 30.7 Å². The molecular weight excluding hydrogens is 345 g/mol. The minimum absolute atomic E-state index is 0. The second kappa shape index (κ2) is 9.03. The molecule has 2 atom stereocenters. The van der Waals surface area contributed by atoms with Gasteiger partial charge in [0, 0.05) is 11.4 Å². The number of carbonyl (C=O) groups is 1. The summed E-state index contributed by atoms with van der Waals surface area (Å²) in [7, 11) is 0. The van der Waals surface area contributed by atoms with Gasteiger partial charge in [-0.1, -0.05) is 0 Å². The number of nitrogens with two attached hydrogens (primary N) is 1. The van der Waals surface area contributed by atoms with Crippen molar-refractivity contribution in [3.05, 3.63) is 15.6 Å². The molecule has 126 valence electrons. The number of thiazole rings is 1. The van der Waals surface area contributed by atoms with Crippen molar-refractivity contribution in [2.45, 2.75) is 57.3 Å². The SMILES string of the molecule is Cl.Cl.NC[C@H]1CC[C@@H](C(=O)NCc2nc3c(s2)CCCC3)O1. The van der Waals surface area contributed by atoms with Gasteiger partial charge in [-0.25, -0.2) is 4.98 Å². The summed E-state index contributed by atoms with van der Waals surface area (Å²) in [5.74, 6) is -0.0332. The maximum Gasteiger partial charge on any atom is 0.249 e. The van der Waals surface area contributed by atoms with E-state index in [9.17, 15) is 4.79 Å². The van der Waals surface area contributed by atoms with Crippen LogP contribution in [-0.4, -0.2) is 29.6 Å². The third kappa shape index (κ3) is 4.55. The van der Waals surface area contributed by atoms with Crippen molar-refractivity contribution in [1.82, 2.24) is 10.3 Å². The van der Waals surface area contributed by atoms with Gasteiger partial charge < -0.3 is 15.8 Å². The van der Waals surface area contributed by atoms with Crippen molar-refractivity contribution in [1.29, 1.82) is 0 Å². The van der Waals surface area contributed by atoms with Gasteiger partial charge in [0.05, 0.1) is 18.3 Å². The first-order valence-corrected chi connectivity index (χ1v) is 8.18. The lowest BCUT2D eigenvalue weighted by Gasteiger charge is -2.11. The van der Waals surface area contributed by atoms with E-state index in [4.69, 9.17) is 10.5 Å². The van der Waals surface area contributed by atoms with Crippen LogP contribution in [0.25, 0.3) is 0 Å². The molecule has 1 aliphatic carbocycles. The molecule has 2 aliphatic rings. The number of ether oxygens (including phenoxy) is 1. The van der Waals surface area contributed by atoms with Gasteiger partial charge in [-0.3, -0.25) is 4.79 Å². The molecule has 0 spiro atoms. The average molecular weight is 368 g/mol. The number of halogens is 2. The number of nitrogens with one attached hydrogen (secondary N) is 1. The average Bonchev–Trinajstić information content (AvgIpc) is 3.10. The highest BCUT2D eigenvalue weighted by molar-refractivity contribution is 7.11. The molecule has 0 aromatic carbocycles. The Labute approximate surface area is 147 Å². The molecule has 22 heavy (non-hydrogen) atoms. The Bertz CT molecular complexity index is 475. The summed E-state index contributed by atoms with van der Waals surface area (Å²) in [4.78, 5) is 18.1. The second-order valence-corrected chi connectivity index (χ2v) is 6.63. The number of fused-ring (bicyclic) bond motifs is 1. The molecular formula is C14H23Cl2N3O2S. The van der Waals surface area contributed by atoms with Gasteiger partial charge in [-0.15, -0.1) is 36.2 Å². The Morgan fingerprint density at radius 3 is 2.77 bits per heavy atom. The number of hydrogen-bond acceptors (Lipinski definition) is 5. The van der Waals surface area contributed by atoms with Gasteiger partial charge in [0.1, 0.15) is 11.1 Å². The normalized spacial score (nSPS) is 23.1. The van der Waals surface area contributed by atoms with Crippen LogP contribution in [0, 0.1) is 0 Å². The molecule has 5 nitrogen and oxygen atoms in total. The zero-order valence-electron chi connectivity index (χ0n) is 12.4. The molecule has 1 aliphatic heterocycles. The molecule has 8 heteroatoms. The second-order valence-electron chi connectivity index (χ2n) is 5.46. The van der Waals surface area contributed by atoms with Crippen molar-refractivity contribution in [3.63, 3.8) is 0 Å². The molecule has 1 aromatic rings. The van der Waals surface area contributed by atoms with Gasteiger partial charge in [-0.2, -0.15) is 0 Å². The quantitative estimate of drug-likeness (QED) is 0.852. The lowest BCUT2D eigenvalue weighted by Crippen LogP contribution is -2.35. The third-order valence-electron chi connectivity index (χ3n) is 3.97. The van der Waals surface area contributed by atoms with Crippen LogP contribution in [-0.2, 0) is 28.9 Å². The molecule has 1 saturated heterocycles. The first kappa shape index (κ1) is 19.6. The molecule has 2 heterocycles. The standard InChI is InChI=1S/C14H21N3O2S.2ClH/c15-7-9-5-6-11(19-9)14(18)16-8-13-17-10-3-1-2-4-12(10)20-13;;/h9,11H,1-8,15H2,(H,16,18);2*1H/t9-,11+;;/m1../s1. The van der Waals surface area contributed by atoms with Crippen molar-refractivity contribution in [2.75, 3.05) is 6.54 Å². The lowest BCUT2D eigenvalue weighted by molar-refractivity contribution is -0.132. The predicted molar refractivity (Wildman–Crippen MR) is 92.0 cm³/mol. The van der Waals surface area contributed by atoms with Crippen LogP contribution in [0.2, 0.25) is 0 Å².